The van der Waals surface area contributed by atoms with Gasteiger partial charge < -0.3 is 10.5 Å². The van der Waals surface area contributed by atoms with Crippen LogP contribution in [0.1, 0.15) is 13.3 Å². The molecule has 0 atom stereocenters. The predicted molar refractivity (Wildman–Crippen MR) is 63.7 cm³/mol. The molecule has 17 heavy (non-hydrogen) atoms. The molecule has 0 fully saturated rings. The second-order valence-electron chi connectivity index (χ2n) is 3.64. The summed E-state index contributed by atoms with van der Waals surface area (Å²) in [6, 6.07) is 4.59. The lowest BCUT2D eigenvalue weighted by Crippen LogP contribution is -2.04. The van der Waals surface area contributed by atoms with E-state index in [0.29, 0.717) is 18.0 Å². The van der Waals surface area contributed by atoms with E-state index in [1.54, 1.807) is 29.2 Å². The molecule has 0 unspecified atom stereocenters. The number of halogens is 1. The van der Waals surface area contributed by atoms with Gasteiger partial charge in [-0.2, -0.15) is 5.10 Å². The summed E-state index contributed by atoms with van der Waals surface area (Å²) in [5, 5.41) is 4.06. The van der Waals surface area contributed by atoms with Crippen molar-refractivity contribution in [3.8, 4) is 11.4 Å². The molecule has 0 bridgehead atoms. The van der Waals surface area contributed by atoms with Crippen molar-refractivity contribution in [3.63, 3.8) is 0 Å². The van der Waals surface area contributed by atoms with Crippen molar-refractivity contribution in [2.75, 3.05) is 12.3 Å². The SMILES string of the molecule is CCCOc1cc(-n2cccn2)c(N)cc1F. The third-order valence-corrected chi connectivity index (χ3v) is 2.29. The van der Waals surface area contributed by atoms with Crippen molar-refractivity contribution in [3.05, 3.63) is 36.4 Å². The van der Waals surface area contributed by atoms with E-state index in [4.69, 9.17) is 10.5 Å². The number of nitrogens with zero attached hydrogens (tertiary/aromatic N) is 2. The van der Waals surface area contributed by atoms with Crippen LogP contribution >= 0.6 is 0 Å². The van der Waals surface area contributed by atoms with Gasteiger partial charge in [0, 0.05) is 24.5 Å². The smallest absolute Gasteiger partial charge is 0.167 e. The molecule has 0 radical (unpaired) electrons. The summed E-state index contributed by atoms with van der Waals surface area (Å²) < 4.78 is 20.4. The van der Waals surface area contributed by atoms with Crippen LogP contribution in [0.4, 0.5) is 10.1 Å². The highest BCUT2D eigenvalue weighted by molar-refractivity contribution is 5.60. The van der Waals surface area contributed by atoms with Crippen molar-refractivity contribution >= 4 is 5.69 Å². The third kappa shape index (κ3) is 2.38. The Morgan fingerprint density at radius 3 is 2.94 bits per heavy atom. The van der Waals surface area contributed by atoms with Crippen LogP contribution in [0.15, 0.2) is 30.6 Å². The van der Waals surface area contributed by atoms with Crippen molar-refractivity contribution in [1.29, 1.82) is 0 Å². The molecule has 1 aromatic carbocycles. The fourth-order valence-corrected chi connectivity index (χ4v) is 1.49. The van der Waals surface area contributed by atoms with Crippen LogP contribution in [0.2, 0.25) is 0 Å². The summed E-state index contributed by atoms with van der Waals surface area (Å²) >= 11 is 0. The van der Waals surface area contributed by atoms with Gasteiger partial charge in [-0.3, -0.25) is 0 Å². The minimum atomic E-state index is -0.452. The Bertz CT molecular complexity index is 497. The number of hydrogen-bond donors (Lipinski definition) is 1. The van der Waals surface area contributed by atoms with E-state index in [0.717, 1.165) is 6.42 Å². The first-order valence-corrected chi connectivity index (χ1v) is 5.44. The Labute approximate surface area is 98.8 Å². The largest absolute Gasteiger partial charge is 0.490 e. The number of ether oxygens (including phenoxy) is 1. The number of nitrogen functional groups attached to an aromatic ring is 1. The van der Waals surface area contributed by atoms with Gasteiger partial charge in [0.15, 0.2) is 11.6 Å². The van der Waals surface area contributed by atoms with E-state index in [9.17, 15) is 4.39 Å². The molecule has 2 aromatic rings. The van der Waals surface area contributed by atoms with Crippen molar-refractivity contribution in [2.24, 2.45) is 0 Å². The summed E-state index contributed by atoms with van der Waals surface area (Å²) in [5.41, 5.74) is 6.70. The van der Waals surface area contributed by atoms with E-state index in [1.165, 1.54) is 6.07 Å². The van der Waals surface area contributed by atoms with Gasteiger partial charge in [-0.05, 0) is 12.5 Å². The summed E-state index contributed by atoms with van der Waals surface area (Å²) in [6.07, 6.45) is 4.20. The highest BCUT2D eigenvalue weighted by atomic mass is 19.1. The van der Waals surface area contributed by atoms with Gasteiger partial charge in [0.05, 0.1) is 18.0 Å². The van der Waals surface area contributed by atoms with E-state index < -0.39 is 5.82 Å². The normalized spacial score (nSPS) is 10.5. The number of anilines is 1. The highest BCUT2D eigenvalue weighted by Gasteiger charge is 2.10. The zero-order chi connectivity index (χ0) is 12.3. The lowest BCUT2D eigenvalue weighted by molar-refractivity contribution is 0.301. The molecular formula is C12H14FN3O. The summed E-state index contributed by atoms with van der Waals surface area (Å²) in [6.45, 7) is 2.43. The quantitative estimate of drug-likeness (QED) is 0.828. The Morgan fingerprint density at radius 2 is 2.29 bits per heavy atom. The zero-order valence-electron chi connectivity index (χ0n) is 9.56. The van der Waals surface area contributed by atoms with Crippen molar-refractivity contribution < 1.29 is 9.13 Å². The molecule has 1 aromatic heterocycles. The van der Waals surface area contributed by atoms with Crippen LogP contribution in [-0.2, 0) is 0 Å². The molecule has 0 spiro atoms. The Morgan fingerprint density at radius 1 is 1.47 bits per heavy atom. The maximum atomic E-state index is 13.6. The topological polar surface area (TPSA) is 53.1 Å². The van der Waals surface area contributed by atoms with Crippen molar-refractivity contribution in [1.82, 2.24) is 9.78 Å². The standard InChI is InChI=1S/C12H14FN3O/c1-2-6-17-12-8-11(10(14)7-9(12)13)16-5-3-4-15-16/h3-5,7-8H,2,6,14H2,1H3. The fourth-order valence-electron chi connectivity index (χ4n) is 1.49. The first kappa shape index (κ1) is 11.4. The van der Waals surface area contributed by atoms with Gasteiger partial charge in [-0.1, -0.05) is 6.92 Å². The average Bonchev–Trinajstić information content (AvgIpc) is 2.81. The van der Waals surface area contributed by atoms with Crippen LogP contribution in [-0.4, -0.2) is 16.4 Å². The second kappa shape index (κ2) is 4.86. The third-order valence-electron chi connectivity index (χ3n) is 2.29. The molecule has 2 N–H and O–H groups in total. The number of aromatic nitrogens is 2. The van der Waals surface area contributed by atoms with Gasteiger partial charge >= 0.3 is 0 Å². The molecule has 5 heteroatoms. The molecule has 0 amide bonds. The molecule has 0 aliphatic rings. The van der Waals surface area contributed by atoms with Gasteiger partial charge in [0.1, 0.15) is 0 Å². The number of nitrogens with two attached hydrogens (primary N) is 1. The van der Waals surface area contributed by atoms with E-state index >= 15 is 0 Å². The summed E-state index contributed by atoms with van der Waals surface area (Å²) in [5.74, 6) is -0.251. The first-order valence-electron chi connectivity index (χ1n) is 5.44. The number of hydrogen-bond acceptors (Lipinski definition) is 3. The first-order chi connectivity index (χ1) is 8.22. The van der Waals surface area contributed by atoms with Gasteiger partial charge in [0.2, 0.25) is 0 Å². The molecule has 0 aliphatic carbocycles. The molecule has 4 nitrogen and oxygen atoms in total. The lowest BCUT2D eigenvalue weighted by atomic mass is 10.2. The molecule has 0 saturated carbocycles. The number of benzene rings is 1. The van der Waals surface area contributed by atoms with E-state index in [1.807, 2.05) is 6.92 Å². The summed E-state index contributed by atoms with van der Waals surface area (Å²) in [4.78, 5) is 0. The average molecular weight is 235 g/mol. The second-order valence-corrected chi connectivity index (χ2v) is 3.64. The minimum Gasteiger partial charge on any atom is -0.490 e. The summed E-state index contributed by atoms with van der Waals surface area (Å²) in [7, 11) is 0. The van der Waals surface area contributed by atoms with Crippen LogP contribution in [0.5, 0.6) is 5.75 Å². The van der Waals surface area contributed by atoms with Crippen LogP contribution in [0.25, 0.3) is 5.69 Å². The highest BCUT2D eigenvalue weighted by Crippen LogP contribution is 2.26. The Hall–Kier alpha value is -2.04. The maximum Gasteiger partial charge on any atom is 0.167 e. The van der Waals surface area contributed by atoms with Crippen molar-refractivity contribution in [2.45, 2.75) is 13.3 Å². The fraction of sp³-hybridized carbons (Fsp3) is 0.250. The van der Waals surface area contributed by atoms with Crippen LogP contribution < -0.4 is 10.5 Å². The predicted octanol–water partition coefficient (Wildman–Crippen LogP) is 2.38. The van der Waals surface area contributed by atoms with Gasteiger partial charge in [-0.15, -0.1) is 0 Å². The van der Waals surface area contributed by atoms with Crippen LogP contribution in [0.3, 0.4) is 0 Å². The molecule has 0 saturated heterocycles. The molecular weight excluding hydrogens is 221 g/mol. The minimum absolute atomic E-state index is 0.201. The number of rotatable bonds is 4. The van der Waals surface area contributed by atoms with Gasteiger partial charge in [-0.25, -0.2) is 9.07 Å². The Balaban J connectivity index is 2.39. The molecule has 1 heterocycles. The zero-order valence-corrected chi connectivity index (χ0v) is 9.56. The van der Waals surface area contributed by atoms with E-state index in [-0.39, 0.29) is 5.75 Å². The van der Waals surface area contributed by atoms with Gasteiger partial charge in [0.25, 0.3) is 0 Å². The molecule has 90 valence electrons. The lowest BCUT2D eigenvalue weighted by Gasteiger charge is -2.11. The van der Waals surface area contributed by atoms with Crippen LogP contribution in [0, 0.1) is 5.82 Å². The molecule has 2 rings (SSSR count). The van der Waals surface area contributed by atoms with E-state index in [2.05, 4.69) is 5.10 Å². The maximum absolute atomic E-state index is 13.6. The molecule has 0 aliphatic heterocycles. The monoisotopic (exact) mass is 235 g/mol. The Kier molecular flexibility index (Phi) is 3.27.